The zero-order valence-corrected chi connectivity index (χ0v) is 12.9. The molecule has 0 unspecified atom stereocenters. The fraction of sp³-hybridized carbons (Fsp3) is 0.0556. The molecular formula is C18H15FN4O. The Bertz CT molecular complexity index is 891. The third kappa shape index (κ3) is 3.08. The molecule has 0 fully saturated rings. The molecule has 0 atom stereocenters. The normalized spacial score (nSPS) is 16.1. The smallest absolute Gasteiger partial charge is 0.220 e. The molecule has 120 valence electrons. The number of anilines is 1. The molecule has 0 amide bonds. The monoisotopic (exact) mass is 322 g/mol. The van der Waals surface area contributed by atoms with Crippen molar-refractivity contribution in [1.82, 2.24) is 9.97 Å². The molecule has 0 saturated heterocycles. The highest BCUT2D eigenvalue weighted by atomic mass is 19.1. The van der Waals surface area contributed by atoms with E-state index in [0.717, 1.165) is 5.69 Å². The summed E-state index contributed by atoms with van der Waals surface area (Å²) in [6.07, 6.45) is 4.95. The van der Waals surface area contributed by atoms with E-state index in [1.165, 1.54) is 24.3 Å². The van der Waals surface area contributed by atoms with Crippen molar-refractivity contribution in [3.63, 3.8) is 0 Å². The van der Waals surface area contributed by atoms with Crippen molar-refractivity contribution in [3.05, 3.63) is 76.9 Å². The van der Waals surface area contributed by atoms with Gasteiger partial charge in [0.1, 0.15) is 11.6 Å². The number of aliphatic hydroxyl groups excluding tert-OH is 1. The molecule has 1 heterocycles. The summed E-state index contributed by atoms with van der Waals surface area (Å²) >= 11 is 0. The van der Waals surface area contributed by atoms with Crippen LogP contribution < -0.4 is 5.73 Å². The van der Waals surface area contributed by atoms with Gasteiger partial charge in [0.25, 0.3) is 0 Å². The van der Waals surface area contributed by atoms with Gasteiger partial charge in [0.15, 0.2) is 0 Å². The van der Waals surface area contributed by atoms with Crippen molar-refractivity contribution >= 4 is 23.0 Å². The lowest BCUT2D eigenvalue weighted by molar-refractivity contribution is 0.509. The molecule has 0 bridgehead atoms. The van der Waals surface area contributed by atoms with E-state index in [1.54, 1.807) is 24.3 Å². The molecule has 24 heavy (non-hydrogen) atoms. The highest BCUT2D eigenvalue weighted by molar-refractivity contribution is 6.16. The van der Waals surface area contributed by atoms with Crippen LogP contribution in [0.1, 0.15) is 17.0 Å². The first kappa shape index (κ1) is 15.6. The van der Waals surface area contributed by atoms with Gasteiger partial charge in [0.05, 0.1) is 11.4 Å². The van der Waals surface area contributed by atoms with Crippen LogP contribution in [-0.2, 0) is 0 Å². The van der Waals surface area contributed by atoms with Gasteiger partial charge in [-0.2, -0.15) is 0 Å². The molecule has 5 nitrogen and oxygen atoms in total. The van der Waals surface area contributed by atoms with Gasteiger partial charge in [-0.25, -0.2) is 14.4 Å². The summed E-state index contributed by atoms with van der Waals surface area (Å²) in [5.74, 6) is -0.327. The maximum Gasteiger partial charge on any atom is 0.220 e. The lowest BCUT2D eigenvalue weighted by atomic mass is 9.95. The van der Waals surface area contributed by atoms with Crippen LogP contribution >= 0.6 is 0 Å². The lowest BCUT2D eigenvalue weighted by Gasteiger charge is -2.13. The van der Waals surface area contributed by atoms with E-state index in [1.807, 2.05) is 6.92 Å². The van der Waals surface area contributed by atoms with Crippen molar-refractivity contribution < 1.29 is 9.50 Å². The van der Waals surface area contributed by atoms with E-state index < -0.39 is 5.82 Å². The van der Waals surface area contributed by atoms with E-state index >= 15 is 0 Å². The molecule has 1 aliphatic rings. The van der Waals surface area contributed by atoms with Gasteiger partial charge in [-0.1, -0.05) is 6.08 Å². The second-order valence-corrected chi connectivity index (χ2v) is 5.37. The topological polar surface area (TPSA) is 95.9 Å². The van der Waals surface area contributed by atoms with Crippen molar-refractivity contribution in [3.8, 4) is 0 Å². The second-order valence-electron chi connectivity index (χ2n) is 5.37. The van der Waals surface area contributed by atoms with E-state index in [4.69, 9.17) is 11.1 Å². The van der Waals surface area contributed by atoms with Crippen molar-refractivity contribution in [2.75, 3.05) is 5.73 Å². The van der Waals surface area contributed by atoms with Gasteiger partial charge in [0.2, 0.25) is 5.95 Å². The average Bonchev–Trinajstić information content (AvgIpc) is 2.54. The summed E-state index contributed by atoms with van der Waals surface area (Å²) in [5.41, 5.74) is 8.62. The summed E-state index contributed by atoms with van der Waals surface area (Å²) in [4.78, 5) is 8.21. The van der Waals surface area contributed by atoms with E-state index in [-0.39, 0.29) is 17.4 Å². The van der Waals surface area contributed by atoms with Crippen molar-refractivity contribution in [1.29, 1.82) is 5.41 Å². The molecule has 0 radical (unpaired) electrons. The zero-order valence-electron chi connectivity index (χ0n) is 12.9. The molecule has 1 aromatic heterocycles. The Hall–Kier alpha value is -3.28. The van der Waals surface area contributed by atoms with Crippen LogP contribution in [0.5, 0.6) is 0 Å². The predicted molar refractivity (Wildman–Crippen MR) is 92.0 cm³/mol. The maximum atomic E-state index is 13.0. The number of hydrogen-bond acceptors (Lipinski definition) is 5. The minimum absolute atomic E-state index is 0.0967. The predicted octanol–water partition coefficient (Wildman–Crippen LogP) is 3.45. The number of halogens is 1. The largest absolute Gasteiger partial charge is 0.507 e. The molecular weight excluding hydrogens is 307 g/mol. The molecule has 1 aromatic carbocycles. The number of rotatable bonds is 2. The van der Waals surface area contributed by atoms with Gasteiger partial charge in [-0.3, -0.25) is 0 Å². The molecule has 4 N–H and O–H groups in total. The summed E-state index contributed by atoms with van der Waals surface area (Å²) in [7, 11) is 0. The van der Waals surface area contributed by atoms with Crippen molar-refractivity contribution in [2.45, 2.75) is 6.92 Å². The Morgan fingerprint density at radius 2 is 1.88 bits per heavy atom. The highest BCUT2D eigenvalue weighted by Crippen LogP contribution is 2.27. The summed E-state index contributed by atoms with van der Waals surface area (Å²) < 4.78 is 13.0. The Morgan fingerprint density at radius 3 is 2.54 bits per heavy atom. The number of nitrogens with two attached hydrogens (primary N) is 1. The second kappa shape index (κ2) is 6.08. The summed E-state index contributed by atoms with van der Waals surface area (Å²) in [5, 5.41) is 18.5. The first-order valence-corrected chi connectivity index (χ1v) is 7.23. The van der Waals surface area contributed by atoms with E-state index in [9.17, 15) is 9.50 Å². The molecule has 1 aliphatic carbocycles. The first-order valence-electron chi connectivity index (χ1n) is 7.23. The lowest BCUT2D eigenvalue weighted by Crippen LogP contribution is -2.06. The average molecular weight is 322 g/mol. The molecule has 0 saturated carbocycles. The van der Waals surface area contributed by atoms with Crippen LogP contribution in [-0.4, -0.2) is 20.8 Å². The Balaban J connectivity index is 2.09. The standard InChI is InChI=1S/C18H15FN4O/c1-10-8-16(23-18(21)22-10)12-4-7-15(20)14(9-12)17(24)11-2-5-13(19)6-3-11/h2-9,20,24H,1H3,(H2,21,22,23)/b17-14-,20-15?. The van der Waals surface area contributed by atoms with Crippen LogP contribution in [0.15, 0.2) is 54.1 Å². The quantitative estimate of drug-likeness (QED) is 0.738. The van der Waals surface area contributed by atoms with Gasteiger partial charge in [-0.05, 0) is 49.4 Å². The number of nitrogen functional groups attached to an aromatic ring is 1. The number of benzene rings is 1. The van der Waals surface area contributed by atoms with Crippen LogP contribution in [0.25, 0.3) is 11.3 Å². The minimum atomic E-state index is -0.390. The summed E-state index contributed by atoms with van der Waals surface area (Å²) in [6.45, 7) is 1.81. The van der Waals surface area contributed by atoms with Gasteiger partial charge >= 0.3 is 0 Å². The maximum absolute atomic E-state index is 13.0. The van der Waals surface area contributed by atoms with Gasteiger partial charge < -0.3 is 16.2 Å². The minimum Gasteiger partial charge on any atom is -0.507 e. The van der Waals surface area contributed by atoms with Crippen LogP contribution in [0.4, 0.5) is 10.3 Å². The van der Waals surface area contributed by atoms with E-state index in [0.29, 0.717) is 22.4 Å². The fourth-order valence-electron chi connectivity index (χ4n) is 2.40. The molecule has 3 rings (SSSR count). The molecule has 0 aliphatic heterocycles. The molecule has 2 aromatic rings. The third-order valence-corrected chi connectivity index (χ3v) is 3.56. The number of nitrogens with zero attached hydrogens (tertiary/aromatic N) is 2. The number of nitrogens with one attached hydrogen (secondary N) is 1. The molecule has 0 spiro atoms. The van der Waals surface area contributed by atoms with Crippen LogP contribution in [0.2, 0.25) is 0 Å². The Morgan fingerprint density at radius 1 is 1.17 bits per heavy atom. The van der Waals surface area contributed by atoms with Crippen LogP contribution in [0.3, 0.4) is 0 Å². The summed E-state index contributed by atoms with van der Waals surface area (Å²) in [6, 6.07) is 7.21. The Labute approximate surface area is 138 Å². The van der Waals surface area contributed by atoms with E-state index in [2.05, 4.69) is 9.97 Å². The Kier molecular flexibility index (Phi) is 3.95. The number of hydrogen-bond donors (Lipinski definition) is 3. The number of aliphatic hydroxyl groups is 1. The fourth-order valence-corrected chi connectivity index (χ4v) is 2.40. The SMILES string of the molecule is Cc1cc(C2=C/C(=C(/O)c3ccc(F)cc3)C(=N)C=C2)nc(N)n1. The van der Waals surface area contributed by atoms with Crippen molar-refractivity contribution in [2.24, 2.45) is 0 Å². The van der Waals surface area contributed by atoms with Gasteiger partial charge in [0, 0.05) is 22.4 Å². The number of allylic oxidation sites excluding steroid dienone is 5. The molecule has 6 heteroatoms. The number of aromatic nitrogens is 2. The third-order valence-electron chi connectivity index (χ3n) is 3.56. The zero-order chi connectivity index (χ0) is 17.3. The van der Waals surface area contributed by atoms with Gasteiger partial charge in [-0.15, -0.1) is 0 Å². The first-order chi connectivity index (χ1) is 11.4. The van der Waals surface area contributed by atoms with Crippen LogP contribution in [0, 0.1) is 18.2 Å². The number of aryl methyl sites for hydroxylation is 1. The highest BCUT2D eigenvalue weighted by Gasteiger charge is 2.16.